The molecule has 3 aromatic carbocycles. The van der Waals surface area contributed by atoms with Crippen molar-refractivity contribution in [1.82, 2.24) is 0 Å². The average molecular weight is 330 g/mol. The first-order valence-electron chi connectivity index (χ1n) is 7.92. The third-order valence-corrected chi connectivity index (χ3v) is 3.89. The lowest BCUT2D eigenvalue weighted by Crippen LogP contribution is -2.02. The van der Waals surface area contributed by atoms with Gasteiger partial charge in [-0.25, -0.2) is 0 Å². The van der Waals surface area contributed by atoms with Gasteiger partial charge in [0.05, 0.1) is 7.11 Å². The fourth-order valence-corrected chi connectivity index (χ4v) is 2.53. The number of ketones is 1. The van der Waals surface area contributed by atoms with Crippen LogP contribution in [0, 0.1) is 0 Å². The molecule has 0 spiro atoms. The van der Waals surface area contributed by atoms with E-state index >= 15 is 0 Å². The first-order chi connectivity index (χ1) is 12.2. The monoisotopic (exact) mass is 330 g/mol. The number of carbonyl (C=O) groups excluding carboxylic acids is 1. The van der Waals surface area contributed by atoms with Crippen LogP contribution in [0.25, 0.3) is 11.6 Å². The summed E-state index contributed by atoms with van der Waals surface area (Å²) in [5.74, 6) is 0.808. The van der Waals surface area contributed by atoms with E-state index in [1.54, 1.807) is 19.2 Å². The molecule has 0 bridgehead atoms. The van der Waals surface area contributed by atoms with E-state index in [0.717, 1.165) is 16.9 Å². The zero-order valence-electron chi connectivity index (χ0n) is 13.8. The number of hydrogen-bond acceptors (Lipinski definition) is 3. The van der Waals surface area contributed by atoms with Crippen molar-refractivity contribution >= 4 is 17.4 Å². The number of carbonyl (C=O) groups is 1. The number of methoxy groups -OCH3 is 1. The molecule has 0 saturated heterocycles. The Balaban J connectivity index is 2.04. The second kappa shape index (κ2) is 7.49. The quantitative estimate of drug-likeness (QED) is 0.414. The first-order valence-corrected chi connectivity index (χ1v) is 7.92. The molecular weight excluding hydrogens is 312 g/mol. The normalized spacial score (nSPS) is 11.2. The zero-order chi connectivity index (χ0) is 17.6. The molecule has 0 atom stereocenters. The maximum absolute atomic E-state index is 13.0. The van der Waals surface area contributed by atoms with Gasteiger partial charge in [-0.05, 0) is 53.6 Å². The Hall–Kier alpha value is -3.33. The maximum Gasteiger partial charge on any atom is 0.193 e. The maximum atomic E-state index is 13.0. The summed E-state index contributed by atoms with van der Waals surface area (Å²) in [7, 11) is 1.62. The van der Waals surface area contributed by atoms with Crippen LogP contribution in [0.5, 0.6) is 11.5 Å². The summed E-state index contributed by atoms with van der Waals surface area (Å²) in [6, 6.07) is 23.4. The molecule has 0 radical (unpaired) electrons. The Labute approximate surface area is 146 Å². The second-order valence-electron chi connectivity index (χ2n) is 5.57. The molecule has 0 aliphatic heterocycles. The summed E-state index contributed by atoms with van der Waals surface area (Å²) in [4.78, 5) is 13.0. The number of hydrogen-bond donors (Lipinski definition) is 1. The highest BCUT2D eigenvalue weighted by Crippen LogP contribution is 2.24. The minimum atomic E-state index is -0.0954. The summed E-state index contributed by atoms with van der Waals surface area (Å²) in [6.07, 6.45) is 1.87. The molecule has 0 unspecified atom stereocenters. The van der Waals surface area contributed by atoms with Crippen molar-refractivity contribution in [2.45, 2.75) is 0 Å². The van der Waals surface area contributed by atoms with Crippen LogP contribution in [0.1, 0.15) is 21.5 Å². The van der Waals surface area contributed by atoms with Crippen LogP contribution >= 0.6 is 0 Å². The number of phenolic OH excluding ortho intramolecular Hbond substituents is 1. The summed E-state index contributed by atoms with van der Waals surface area (Å²) in [5, 5.41) is 9.44. The highest BCUT2D eigenvalue weighted by atomic mass is 16.5. The topological polar surface area (TPSA) is 46.5 Å². The van der Waals surface area contributed by atoms with Gasteiger partial charge >= 0.3 is 0 Å². The average Bonchev–Trinajstić information content (AvgIpc) is 2.67. The van der Waals surface area contributed by atoms with Crippen LogP contribution in [-0.4, -0.2) is 18.0 Å². The van der Waals surface area contributed by atoms with Gasteiger partial charge in [-0.15, -0.1) is 0 Å². The molecule has 3 rings (SSSR count). The van der Waals surface area contributed by atoms with E-state index in [1.807, 2.05) is 60.7 Å². The summed E-state index contributed by atoms with van der Waals surface area (Å²) >= 11 is 0. The van der Waals surface area contributed by atoms with Crippen molar-refractivity contribution in [3.05, 3.63) is 95.6 Å². The molecule has 0 heterocycles. The van der Waals surface area contributed by atoms with Crippen molar-refractivity contribution in [3.63, 3.8) is 0 Å². The van der Waals surface area contributed by atoms with Gasteiger partial charge in [-0.2, -0.15) is 0 Å². The van der Waals surface area contributed by atoms with Crippen molar-refractivity contribution in [1.29, 1.82) is 0 Å². The van der Waals surface area contributed by atoms with Gasteiger partial charge in [0.25, 0.3) is 0 Å². The van der Waals surface area contributed by atoms with Gasteiger partial charge in [0, 0.05) is 11.1 Å². The van der Waals surface area contributed by atoms with E-state index in [-0.39, 0.29) is 11.5 Å². The summed E-state index contributed by atoms with van der Waals surface area (Å²) < 4.78 is 5.18. The lowest BCUT2D eigenvalue weighted by Gasteiger charge is -2.08. The van der Waals surface area contributed by atoms with E-state index in [1.165, 1.54) is 12.1 Å². The van der Waals surface area contributed by atoms with E-state index < -0.39 is 0 Å². The molecular formula is C22H18O3. The standard InChI is InChI=1S/C22H18O3/c1-25-20-13-7-16(8-14-20)15-21(17-5-3-2-4-6-17)22(24)18-9-11-19(23)12-10-18/h2-15,23H,1H3. The van der Waals surface area contributed by atoms with E-state index in [2.05, 4.69) is 0 Å². The van der Waals surface area contributed by atoms with Crippen LogP contribution < -0.4 is 4.74 Å². The Kier molecular flexibility index (Phi) is 4.95. The van der Waals surface area contributed by atoms with Gasteiger partial charge in [-0.1, -0.05) is 42.5 Å². The third-order valence-electron chi connectivity index (χ3n) is 3.89. The first kappa shape index (κ1) is 16.5. The van der Waals surface area contributed by atoms with E-state index in [9.17, 15) is 9.90 Å². The predicted octanol–water partition coefficient (Wildman–Crippen LogP) is 4.82. The molecule has 0 amide bonds. The molecule has 3 aromatic rings. The minimum Gasteiger partial charge on any atom is -0.508 e. The molecule has 124 valence electrons. The molecule has 25 heavy (non-hydrogen) atoms. The molecule has 3 nitrogen and oxygen atoms in total. The molecule has 0 fully saturated rings. The fourth-order valence-electron chi connectivity index (χ4n) is 2.53. The third kappa shape index (κ3) is 3.96. The van der Waals surface area contributed by atoms with Crippen LogP contribution in [0.4, 0.5) is 0 Å². The fraction of sp³-hybridized carbons (Fsp3) is 0.0455. The Morgan fingerprint density at radius 3 is 2.08 bits per heavy atom. The summed E-state index contributed by atoms with van der Waals surface area (Å²) in [6.45, 7) is 0. The van der Waals surface area contributed by atoms with E-state index in [0.29, 0.717) is 11.1 Å². The number of benzene rings is 3. The predicted molar refractivity (Wildman–Crippen MR) is 99.7 cm³/mol. The SMILES string of the molecule is COc1ccc(C=C(C(=O)c2ccc(O)cc2)c2ccccc2)cc1. The van der Waals surface area contributed by atoms with Gasteiger partial charge in [0.15, 0.2) is 5.78 Å². The van der Waals surface area contributed by atoms with Crippen LogP contribution in [0.15, 0.2) is 78.9 Å². The largest absolute Gasteiger partial charge is 0.508 e. The second-order valence-corrected chi connectivity index (χ2v) is 5.57. The molecule has 0 aliphatic carbocycles. The van der Waals surface area contributed by atoms with Gasteiger partial charge < -0.3 is 9.84 Å². The Morgan fingerprint density at radius 2 is 1.48 bits per heavy atom. The Morgan fingerprint density at radius 1 is 0.840 bits per heavy atom. The minimum absolute atomic E-state index is 0.0954. The van der Waals surface area contributed by atoms with Crippen molar-refractivity contribution in [3.8, 4) is 11.5 Å². The smallest absolute Gasteiger partial charge is 0.193 e. The highest BCUT2D eigenvalue weighted by molar-refractivity contribution is 6.32. The van der Waals surface area contributed by atoms with Crippen molar-refractivity contribution < 1.29 is 14.6 Å². The molecule has 1 N–H and O–H groups in total. The molecule has 0 saturated carbocycles. The zero-order valence-corrected chi connectivity index (χ0v) is 13.8. The number of aromatic hydroxyl groups is 1. The van der Waals surface area contributed by atoms with E-state index in [4.69, 9.17) is 4.74 Å². The van der Waals surface area contributed by atoms with Gasteiger partial charge in [0.1, 0.15) is 11.5 Å². The van der Waals surface area contributed by atoms with Crippen molar-refractivity contribution in [2.75, 3.05) is 7.11 Å². The molecule has 3 heteroatoms. The Bertz CT molecular complexity index is 877. The molecule has 0 aromatic heterocycles. The number of allylic oxidation sites excluding steroid dienone is 1. The van der Waals surface area contributed by atoms with Gasteiger partial charge in [-0.3, -0.25) is 4.79 Å². The number of phenols is 1. The van der Waals surface area contributed by atoms with Crippen LogP contribution in [-0.2, 0) is 0 Å². The van der Waals surface area contributed by atoms with Crippen LogP contribution in [0.2, 0.25) is 0 Å². The number of ether oxygens (including phenoxy) is 1. The summed E-state index contributed by atoms with van der Waals surface area (Å²) in [5.41, 5.74) is 2.88. The van der Waals surface area contributed by atoms with Crippen molar-refractivity contribution in [2.24, 2.45) is 0 Å². The number of Topliss-reactive ketones (excluding diaryl/α,β-unsaturated/α-hetero) is 1. The lowest BCUT2D eigenvalue weighted by atomic mass is 9.94. The van der Waals surface area contributed by atoms with Gasteiger partial charge in [0.2, 0.25) is 0 Å². The number of rotatable bonds is 5. The lowest BCUT2D eigenvalue weighted by molar-refractivity contribution is 0.105. The van der Waals surface area contributed by atoms with Crippen LogP contribution in [0.3, 0.4) is 0 Å². The molecule has 0 aliphatic rings. The highest BCUT2D eigenvalue weighted by Gasteiger charge is 2.14.